The molecule has 1 aromatic rings. The molecular formula is C17H25N3O3. The number of nitrogens with zero attached hydrogens (tertiary/aromatic N) is 2. The van der Waals surface area contributed by atoms with Gasteiger partial charge in [-0.2, -0.15) is 0 Å². The fourth-order valence-electron chi connectivity index (χ4n) is 3.85. The number of nitro benzene ring substituents is 1. The quantitative estimate of drug-likeness (QED) is 0.644. The summed E-state index contributed by atoms with van der Waals surface area (Å²) in [6, 6.07) is 5.79. The van der Waals surface area contributed by atoms with Gasteiger partial charge in [-0.15, -0.1) is 0 Å². The number of aliphatic hydroxyl groups is 1. The van der Waals surface area contributed by atoms with Crippen molar-refractivity contribution < 1.29 is 10.0 Å². The minimum absolute atomic E-state index is 0.0837. The Balaban J connectivity index is 1.62. The van der Waals surface area contributed by atoms with Crippen molar-refractivity contribution in [3.8, 4) is 0 Å². The molecule has 1 heterocycles. The van der Waals surface area contributed by atoms with Crippen LogP contribution in [-0.2, 0) is 6.61 Å². The Labute approximate surface area is 136 Å². The summed E-state index contributed by atoms with van der Waals surface area (Å²) in [6.45, 7) is 2.03. The number of nitro groups is 1. The summed E-state index contributed by atoms with van der Waals surface area (Å²) in [5, 5.41) is 23.8. The Morgan fingerprint density at radius 1 is 1.22 bits per heavy atom. The molecule has 1 saturated heterocycles. The van der Waals surface area contributed by atoms with E-state index in [0.29, 0.717) is 11.3 Å². The van der Waals surface area contributed by atoms with Crippen molar-refractivity contribution in [2.24, 2.45) is 0 Å². The van der Waals surface area contributed by atoms with Gasteiger partial charge in [-0.3, -0.25) is 10.1 Å². The number of aliphatic hydroxyl groups excluding tert-OH is 1. The van der Waals surface area contributed by atoms with E-state index in [2.05, 4.69) is 10.2 Å². The first-order valence-electron chi connectivity index (χ1n) is 8.56. The van der Waals surface area contributed by atoms with Crippen molar-refractivity contribution in [1.82, 2.24) is 4.90 Å². The average molecular weight is 319 g/mol. The predicted octanol–water partition coefficient (Wildman–Crippen LogP) is 2.91. The molecule has 6 heteroatoms. The van der Waals surface area contributed by atoms with Crippen LogP contribution in [0.15, 0.2) is 18.2 Å². The van der Waals surface area contributed by atoms with Crippen molar-refractivity contribution in [3.63, 3.8) is 0 Å². The number of benzene rings is 1. The van der Waals surface area contributed by atoms with Crippen LogP contribution in [0.1, 0.15) is 44.1 Å². The highest BCUT2D eigenvalue weighted by molar-refractivity contribution is 5.63. The minimum Gasteiger partial charge on any atom is -0.392 e. The number of piperidine rings is 1. The van der Waals surface area contributed by atoms with Crippen molar-refractivity contribution in [3.05, 3.63) is 33.9 Å². The molecule has 6 nitrogen and oxygen atoms in total. The molecular weight excluding hydrogens is 294 g/mol. The lowest BCUT2D eigenvalue weighted by molar-refractivity contribution is -0.384. The van der Waals surface area contributed by atoms with E-state index >= 15 is 0 Å². The highest BCUT2D eigenvalue weighted by Crippen LogP contribution is 2.30. The molecule has 0 bridgehead atoms. The van der Waals surface area contributed by atoms with Crippen LogP contribution in [-0.4, -0.2) is 40.1 Å². The molecule has 1 aliphatic heterocycles. The fraction of sp³-hybridized carbons (Fsp3) is 0.647. The molecule has 23 heavy (non-hydrogen) atoms. The Hall–Kier alpha value is -1.66. The van der Waals surface area contributed by atoms with Gasteiger partial charge in [-0.1, -0.05) is 12.8 Å². The molecule has 0 unspecified atom stereocenters. The van der Waals surface area contributed by atoms with Crippen molar-refractivity contribution in [2.75, 3.05) is 18.4 Å². The molecule has 2 N–H and O–H groups in total. The van der Waals surface area contributed by atoms with Crippen LogP contribution in [0.3, 0.4) is 0 Å². The molecule has 0 spiro atoms. The molecule has 0 atom stereocenters. The van der Waals surface area contributed by atoms with Gasteiger partial charge in [0.25, 0.3) is 5.69 Å². The van der Waals surface area contributed by atoms with Crippen LogP contribution in [0, 0.1) is 10.1 Å². The number of hydrogen-bond donors (Lipinski definition) is 2. The molecule has 1 saturated carbocycles. The third-order valence-corrected chi connectivity index (χ3v) is 5.17. The summed E-state index contributed by atoms with van der Waals surface area (Å²) in [5.41, 5.74) is 1.31. The van der Waals surface area contributed by atoms with E-state index in [1.807, 2.05) is 0 Å². The number of nitrogens with one attached hydrogen (secondary N) is 1. The summed E-state index contributed by atoms with van der Waals surface area (Å²) in [5.74, 6) is 0. The molecule has 0 amide bonds. The van der Waals surface area contributed by atoms with E-state index in [1.165, 1.54) is 31.7 Å². The highest BCUT2D eigenvalue weighted by atomic mass is 16.6. The number of anilines is 1. The van der Waals surface area contributed by atoms with Gasteiger partial charge in [0.15, 0.2) is 0 Å². The Morgan fingerprint density at radius 2 is 1.91 bits per heavy atom. The molecule has 126 valence electrons. The van der Waals surface area contributed by atoms with Gasteiger partial charge < -0.3 is 15.3 Å². The second-order valence-corrected chi connectivity index (χ2v) is 6.66. The van der Waals surface area contributed by atoms with Crippen LogP contribution >= 0.6 is 0 Å². The molecule has 3 rings (SSSR count). The van der Waals surface area contributed by atoms with Gasteiger partial charge in [0.2, 0.25) is 0 Å². The van der Waals surface area contributed by atoms with Gasteiger partial charge in [0.05, 0.1) is 11.5 Å². The topological polar surface area (TPSA) is 78.6 Å². The summed E-state index contributed by atoms with van der Waals surface area (Å²) in [7, 11) is 0. The number of rotatable bonds is 5. The van der Waals surface area contributed by atoms with Gasteiger partial charge >= 0.3 is 0 Å². The summed E-state index contributed by atoms with van der Waals surface area (Å²) in [6.07, 6.45) is 7.37. The third-order valence-electron chi connectivity index (χ3n) is 5.17. The van der Waals surface area contributed by atoms with Crippen molar-refractivity contribution in [2.45, 2.75) is 57.2 Å². The zero-order valence-electron chi connectivity index (χ0n) is 13.4. The van der Waals surface area contributed by atoms with Crippen LogP contribution in [0.4, 0.5) is 11.4 Å². The first-order valence-corrected chi connectivity index (χ1v) is 8.56. The van der Waals surface area contributed by atoms with Crippen LogP contribution in [0.25, 0.3) is 0 Å². The van der Waals surface area contributed by atoms with Crippen LogP contribution < -0.4 is 5.32 Å². The molecule has 0 aromatic heterocycles. The number of hydrogen-bond acceptors (Lipinski definition) is 5. The summed E-state index contributed by atoms with van der Waals surface area (Å²) in [4.78, 5) is 13.4. The molecule has 2 aliphatic rings. The van der Waals surface area contributed by atoms with Gasteiger partial charge in [0, 0.05) is 31.2 Å². The van der Waals surface area contributed by atoms with Crippen LogP contribution in [0.5, 0.6) is 0 Å². The highest BCUT2D eigenvalue weighted by Gasteiger charge is 2.28. The summed E-state index contributed by atoms with van der Waals surface area (Å²) >= 11 is 0. The normalized spacial score (nSPS) is 20.7. The number of likely N-dealkylation sites (tertiary alicyclic amines) is 1. The van der Waals surface area contributed by atoms with Gasteiger partial charge in [0.1, 0.15) is 5.69 Å². The lowest BCUT2D eigenvalue weighted by atomic mass is 10.0. The lowest BCUT2D eigenvalue weighted by Crippen LogP contribution is -2.43. The second-order valence-electron chi connectivity index (χ2n) is 6.66. The molecule has 0 radical (unpaired) electrons. The second kappa shape index (κ2) is 7.27. The SMILES string of the molecule is O=[N+]([O-])c1ccc(CO)cc1NC1CCN(C2CCCC2)CC1. The van der Waals surface area contributed by atoms with Gasteiger partial charge in [-0.25, -0.2) is 0 Å². The van der Waals surface area contributed by atoms with E-state index in [-0.39, 0.29) is 23.3 Å². The van der Waals surface area contributed by atoms with E-state index in [1.54, 1.807) is 12.1 Å². The maximum atomic E-state index is 11.2. The monoisotopic (exact) mass is 319 g/mol. The maximum absolute atomic E-state index is 11.2. The van der Waals surface area contributed by atoms with Crippen molar-refractivity contribution >= 4 is 11.4 Å². The van der Waals surface area contributed by atoms with E-state index in [0.717, 1.165) is 32.0 Å². The first kappa shape index (κ1) is 16.2. The standard InChI is InChI=1S/C17H25N3O3/c21-12-13-5-6-17(20(22)23)16(11-13)18-14-7-9-19(10-8-14)15-3-1-2-4-15/h5-6,11,14-15,18,21H,1-4,7-10,12H2. The van der Waals surface area contributed by atoms with E-state index in [4.69, 9.17) is 0 Å². The van der Waals surface area contributed by atoms with E-state index < -0.39 is 0 Å². The average Bonchev–Trinajstić information content (AvgIpc) is 3.09. The van der Waals surface area contributed by atoms with Gasteiger partial charge in [-0.05, 0) is 43.4 Å². The van der Waals surface area contributed by atoms with Crippen LogP contribution in [0.2, 0.25) is 0 Å². The zero-order chi connectivity index (χ0) is 16.2. The third kappa shape index (κ3) is 3.82. The summed E-state index contributed by atoms with van der Waals surface area (Å²) < 4.78 is 0. The maximum Gasteiger partial charge on any atom is 0.292 e. The smallest absolute Gasteiger partial charge is 0.292 e. The minimum atomic E-state index is -0.364. The molecule has 1 aliphatic carbocycles. The zero-order valence-corrected chi connectivity index (χ0v) is 13.4. The Kier molecular flexibility index (Phi) is 5.13. The Morgan fingerprint density at radius 3 is 2.52 bits per heavy atom. The largest absolute Gasteiger partial charge is 0.392 e. The van der Waals surface area contributed by atoms with Crippen molar-refractivity contribution in [1.29, 1.82) is 0 Å². The molecule has 2 fully saturated rings. The predicted molar refractivity (Wildman–Crippen MR) is 89.5 cm³/mol. The lowest BCUT2D eigenvalue weighted by Gasteiger charge is -2.36. The Bertz CT molecular complexity index is 550. The fourth-order valence-corrected chi connectivity index (χ4v) is 3.85. The molecule has 1 aromatic carbocycles. The van der Waals surface area contributed by atoms with E-state index in [9.17, 15) is 15.2 Å². The first-order chi connectivity index (χ1) is 11.2.